The fourth-order valence-corrected chi connectivity index (χ4v) is 4.57. The Bertz CT molecular complexity index is 1040. The van der Waals surface area contributed by atoms with Gasteiger partial charge in [0.2, 0.25) is 11.8 Å². The van der Waals surface area contributed by atoms with Gasteiger partial charge in [-0.1, -0.05) is 17.3 Å². The largest absolute Gasteiger partial charge is 0.392 e. The molecule has 0 radical (unpaired) electrons. The second kappa shape index (κ2) is 9.10. The molecule has 9 heteroatoms. The number of carbonyl (C=O) groups is 2. The minimum atomic E-state index is -0.785. The molecule has 4 rings (SSSR count). The molecule has 0 spiro atoms. The van der Waals surface area contributed by atoms with Crippen molar-refractivity contribution >= 4 is 17.5 Å². The van der Waals surface area contributed by atoms with E-state index in [0.29, 0.717) is 50.2 Å². The van der Waals surface area contributed by atoms with Gasteiger partial charge in [-0.25, -0.2) is 9.37 Å². The Morgan fingerprint density at radius 2 is 2.22 bits per heavy atom. The fraction of sp³-hybridized carbons (Fsp3) is 0.478. The molecule has 1 saturated heterocycles. The van der Waals surface area contributed by atoms with E-state index in [1.54, 1.807) is 23.2 Å². The van der Waals surface area contributed by atoms with Crippen molar-refractivity contribution in [2.45, 2.75) is 45.3 Å². The molecule has 2 atom stereocenters. The minimum Gasteiger partial charge on any atom is -0.392 e. The van der Waals surface area contributed by atoms with Gasteiger partial charge in [-0.15, -0.1) is 0 Å². The van der Waals surface area contributed by atoms with E-state index < -0.39 is 5.41 Å². The lowest BCUT2D eigenvalue weighted by atomic mass is 9.74. The number of rotatable bonds is 6. The summed E-state index contributed by atoms with van der Waals surface area (Å²) in [5, 5.41) is 7.18. The number of benzene rings is 1. The number of aromatic nitrogens is 2. The number of oxime groups is 1. The molecule has 0 unspecified atom stereocenters. The predicted octanol–water partition coefficient (Wildman–Crippen LogP) is 2.39. The van der Waals surface area contributed by atoms with E-state index in [9.17, 15) is 14.0 Å². The maximum Gasteiger partial charge on any atom is 0.228 e. The van der Waals surface area contributed by atoms with Crippen molar-refractivity contribution in [2.75, 3.05) is 13.1 Å². The molecule has 2 amide bonds. The fourth-order valence-electron chi connectivity index (χ4n) is 4.57. The number of nitrogens with one attached hydrogen (secondary N) is 1. The summed E-state index contributed by atoms with van der Waals surface area (Å²) in [5.74, 6) is 0.258. The van der Waals surface area contributed by atoms with Gasteiger partial charge in [0.1, 0.15) is 17.7 Å². The van der Waals surface area contributed by atoms with E-state index in [1.807, 2.05) is 17.8 Å². The zero-order valence-electron chi connectivity index (χ0n) is 18.4. The molecular formula is C23H28FN5O3. The zero-order valence-corrected chi connectivity index (χ0v) is 18.4. The smallest absolute Gasteiger partial charge is 0.228 e. The van der Waals surface area contributed by atoms with Gasteiger partial charge in [-0.05, 0) is 25.0 Å². The van der Waals surface area contributed by atoms with Crippen LogP contribution in [0.1, 0.15) is 44.0 Å². The first-order valence-electron chi connectivity index (χ1n) is 10.8. The highest BCUT2D eigenvalue weighted by molar-refractivity contribution is 6.01. The highest BCUT2D eigenvalue weighted by Gasteiger charge is 2.46. The Morgan fingerprint density at radius 3 is 2.94 bits per heavy atom. The topological polar surface area (TPSA) is 88.8 Å². The molecule has 2 aliphatic heterocycles. The number of imidazole rings is 1. The average molecular weight is 442 g/mol. The van der Waals surface area contributed by atoms with Crippen LogP contribution in [0.2, 0.25) is 0 Å². The third-order valence-electron chi connectivity index (χ3n) is 6.34. The lowest BCUT2D eigenvalue weighted by Crippen LogP contribution is -2.54. The molecule has 1 N–H and O–H groups in total. The first-order chi connectivity index (χ1) is 15.4. The van der Waals surface area contributed by atoms with E-state index in [-0.39, 0.29) is 23.7 Å². The SMILES string of the molecule is CC(=O)N1CCC[C@](C[C@H]2CC(c3cccc(F)c3)=NO2)(C(=O)NCc2nccn2C)C1. The average Bonchev–Trinajstić information content (AvgIpc) is 3.41. The molecule has 0 aliphatic carbocycles. The molecule has 1 aromatic carbocycles. The lowest BCUT2D eigenvalue weighted by Gasteiger charge is -2.42. The number of hydrogen-bond donors (Lipinski definition) is 1. The monoisotopic (exact) mass is 441 g/mol. The highest BCUT2D eigenvalue weighted by Crippen LogP contribution is 2.38. The number of halogens is 1. The second-order valence-corrected chi connectivity index (χ2v) is 8.65. The summed E-state index contributed by atoms with van der Waals surface area (Å²) < 4.78 is 15.5. The summed E-state index contributed by atoms with van der Waals surface area (Å²) >= 11 is 0. The van der Waals surface area contributed by atoms with Gasteiger partial charge in [0.05, 0.1) is 17.7 Å². The Labute approximate surface area is 186 Å². The number of hydrogen-bond acceptors (Lipinski definition) is 5. The summed E-state index contributed by atoms with van der Waals surface area (Å²) in [5.41, 5.74) is 0.555. The lowest BCUT2D eigenvalue weighted by molar-refractivity contribution is -0.143. The predicted molar refractivity (Wildman–Crippen MR) is 116 cm³/mol. The molecule has 1 fully saturated rings. The van der Waals surface area contributed by atoms with Gasteiger partial charge in [-0.3, -0.25) is 9.59 Å². The summed E-state index contributed by atoms with van der Waals surface area (Å²) in [7, 11) is 1.88. The van der Waals surface area contributed by atoms with Gasteiger partial charge in [-0.2, -0.15) is 0 Å². The number of carbonyl (C=O) groups excluding carboxylic acids is 2. The molecule has 8 nitrogen and oxygen atoms in total. The van der Waals surface area contributed by atoms with Crippen molar-refractivity contribution in [2.24, 2.45) is 17.6 Å². The van der Waals surface area contributed by atoms with Crippen LogP contribution in [0, 0.1) is 11.2 Å². The van der Waals surface area contributed by atoms with Crippen LogP contribution in [-0.4, -0.2) is 51.2 Å². The third-order valence-corrected chi connectivity index (χ3v) is 6.34. The summed E-state index contributed by atoms with van der Waals surface area (Å²) in [6.07, 6.45) is 5.49. The first-order valence-corrected chi connectivity index (χ1v) is 10.8. The standard InChI is InChI=1S/C23H28FN5O3/c1-16(30)29-9-4-7-23(15-29,22(31)26-14-21-25-8-10-28(21)2)13-19-12-20(27-32-19)17-5-3-6-18(24)11-17/h3,5-6,8,10-11,19H,4,7,9,12-15H2,1-2H3,(H,26,31)/t19-,23-/m1/s1. The van der Waals surface area contributed by atoms with Crippen molar-refractivity contribution in [3.8, 4) is 0 Å². The Morgan fingerprint density at radius 1 is 1.38 bits per heavy atom. The molecule has 0 saturated carbocycles. The maximum atomic E-state index is 13.6. The van der Waals surface area contributed by atoms with E-state index in [0.717, 1.165) is 12.2 Å². The van der Waals surface area contributed by atoms with Gasteiger partial charge in [0.15, 0.2) is 0 Å². The highest BCUT2D eigenvalue weighted by atomic mass is 19.1. The van der Waals surface area contributed by atoms with Crippen molar-refractivity contribution in [3.63, 3.8) is 0 Å². The van der Waals surface area contributed by atoms with E-state index >= 15 is 0 Å². The molecular weight excluding hydrogens is 413 g/mol. The summed E-state index contributed by atoms with van der Waals surface area (Å²) in [6, 6.07) is 6.24. The molecule has 0 bridgehead atoms. The molecule has 170 valence electrons. The van der Waals surface area contributed by atoms with Crippen LogP contribution in [-0.2, 0) is 28.0 Å². The Hall–Kier alpha value is -3.23. The number of amides is 2. The van der Waals surface area contributed by atoms with Crippen LogP contribution in [0.3, 0.4) is 0 Å². The van der Waals surface area contributed by atoms with Crippen LogP contribution in [0.4, 0.5) is 4.39 Å². The van der Waals surface area contributed by atoms with Crippen molar-refractivity contribution in [1.82, 2.24) is 19.8 Å². The quantitative estimate of drug-likeness (QED) is 0.746. The van der Waals surface area contributed by atoms with Crippen LogP contribution >= 0.6 is 0 Å². The van der Waals surface area contributed by atoms with Gasteiger partial charge in [0, 0.05) is 57.9 Å². The van der Waals surface area contributed by atoms with Crippen LogP contribution in [0.15, 0.2) is 41.8 Å². The van der Waals surface area contributed by atoms with Crippen molar-refractivity contribution < 1.29 is 18.8 Å². The van der Waals surface area contributed by atoms with Gasteiger partial charge >= 0.3 is 0 Å². The minimum absolute atomic E-state index is 0.0463. The second-order valence-electron chi connectivity index (χ2n) is 8.65. The molecule has 1 aromatic heterocycles. The van der Waals surface area contributed by atoms with E-state index in [2.05, 4.69) is 15.5 Å². The van der Waals surface area contributed by atoms with Gasteiger partial charge < -0.3 is 19.6 Å². The molecule has 2 aromatic rings. The van der Waals surface area contributed by atoms with Crippen molar-refractivity contribution in [1.29, 1.82) is 0 Å². The molecule has 3 heterocycles. The zero-order chi connectivity index (χ0) is 22.7. The first kappa shape index (κ1) is 22.0. The summed E-state index contributed by atoms with van der Waals surface area (Å²) in [4.78, 5) is 37.2. The van der Waals surface area contributed by atoms with Crippen LogP contribution < -0.4 is 5.32 Å². The Kier molecular flexibility index (Phi) is 6.25. The van der Waals surface area contributed by atoms with Crippen molar-refractivity contribution in [3.05, 3.63) is 53.9 Å². The summed E-state index contributed by atoms with van der Waals surface area (Å²) in [6.45, 7) is 2.81. The van der Waals surface area contributed by atoms with Crippen LogP contribution in [0.25, 0.3) is 0 Å². The van der Waals surface area contributed by atoms with E-state index in [4.69, 9.17) is 4.84 Å². The number of piperidine rings is 1. The molecule has 32 heavy (non-hydrogen) atoms. The van der Waals surface area contributed by atoms with Crippen LogP contribution in [0.5, 0.6) is 0 Å². The van der Waals surface area contributed by atoms with Gasteiger partial charge in [0.25, 0.3) is 0 Å². The number of likely N-dealkylation sites (tertiary alicyclic amines) is 1. The maximum absolute atomic E-state index is 13.6. The van der Waals surface area contributed by atoms with E-state index in [1.165, 1.54) is 19.1 Å². The third kappa shape index (κ3) is 4.66. The number of aryl methyl sites for hydroxylation is 1. The normalized spacial score (nSPS) is 22.9. The molecule has 2 aliphatic rings. The number of nitrogens with zero attached hydrogens (tertiary/aromatic N) is 4. The Balaban J connectivity index is 1.49.